The highest BCUT2D eigenvalue weighted by atomic mass is 19.3. The lowest BCUT2D eigenvalue weighted by atomic mass is 10.0. The Hall–Kier alpha value is -0.710. The first-order valence-corrected chi connectivity index (χ1v) is 3.05. The summed E-state index contributed by atoms with van der Waals surface area (Å²) in [4.78, 5) is 10.7. The number of hydrogen-bond acceptors (Lipinski definition) is 3. The fourth-order valence-electron chi connectivity index (χ4n) is 0.637. The molecule has 0 saturated carbocycles. The number of carbonyl (C=O) groups excluding carboxylic acids is 1. The lowest BCUT2D eigenvalue weighted by Gasteiger charge is -2.20. The molecule has 0 aromatic heterocycles. The number of ether oxygens (including phenoxy) is 1. The zero-order chi connectivity index (χ0) is 9.07. The molecule has 0 amide bonds. The first-order valence-electron chi connectivity index (χ1n) is 3.05. The van der Waals surface area contributed by atoms with E-state index in [4.69, 9.17) is 5.73 Å². The summed E-state index contributed by atoms with van der Waals surface area (Å²) in [5.74, 6) is -0.821. The lowest BCUT2D eigenvalue weighted by Crippen LogP contribution is -2.47. The Balaban J connectivity index is 4.09. The van der Waals surface area contributed by atoms with E-state index in [9.17, 15) is 13.6 Å². The van der Waals surface area contributed by atoms with E-state index in [2.05, 4.69) is 4.74 Å². The molecule has 0 radical (unpaired) electrons. The van der Waals surface area contributed by atoms with Crippen LogP contribution in [-0.2, 0) is 9.53 Å². The molecule has 0 aromatic carbocycles. The fourth-order valence-corrected chi connectivity index (χ4v) is 0.637. The summed E-state index contributed by atoms with van der Waals surface area (Å²) in [6.45, 7) is 1.21. The van der Waals surface area contributed by atoms with Gasteiger partial charge in [0, 0.05) is 6.42 Å². The van der Waals surface area contributed by atoms with Gasteiger partial charge in [-0.05, 0) is 6.92 Å². The maximum atomic E-state index is 11.7. The van der Waals surface area contributed by atoms with E-state index in [1.165, 1.54) is 6.92 Å². The Kier molecular flexibility index (Phi) is 3.38. The van der Waals surface area contributed by atoms with Crippen LogP contribution in [-0.4, -0.2) is 25.0 Å². The minimum Gasteiger partial charge on any atom is -0.468 e. The molecule has 0 fully saturated rings. The van der Waals surface area contributed by atoms with Gasteiger partial charge in [0.25, 0.3) is 0 Å². The van der Waals surface area contributed by atoms with Crippen LogP contribution in [0.4, 0.5) is 8.78 Å². The number of alkyl halides is 2. The highest BCUT2D eigenvalue weighted by molar-refractivity contribution is 5.79. The zero-order valence-electron chi connectivity index (χ0n) is 6.43. The highest BCUT2D eigenvalue weighted by Crippen LogP contribution is 2.13. The number of carbonyl (C=O) groups is 1. The van der Waals surface area contributed by atoms with E-state index in [-0.39, 0.29) is 0 Å². The lowest BCUT2D eigenvalue weighted by molar-refractivity contribution is -0.147. The van der Waals surface area contributed by atoms with Crippen LogP contribution in [0.25, 0.3) is 0 Å². The molecule has 0 aliphatic rings. The van der Waals surface area contributed by atoms with Gasteiger partial charge in [-0.3, -0.25) is 4.79 Å². The topological polar surface area (TPSA) is 52.3 Å². The number of methoxy groups -OCH3 is 1. The van der Waals surface area contributed by atoms with Crippen molar-refractivity contribution in [2.75, 3.05) is 7.11 Å². The van der Waals surface area contributed by atoms with Gasteiger partial charge in [0.1, 0.15) is 5.54 Å². The number of hydrogen-bond donors (Lipinski definition) is 1. The minimum atomic E-state index is -2.59. The molecule has 5 heteroatoms. The Labute approximate surface area is 63.5 Å². The minimum absolute atomic E-state index is 0.681. The standard InChI is InChI=1S/C6H11F2NO2/c1-6(9,3-4(7)8)5(10)11-2/h4H,3,9H2,1-2H3. The van der Waals surface area contributed by atoms with Crippen LogP contribution >= 0.6 is 0 Å². The van der Waals surface area contributed by atoms with E-state index < -0.39 is 24.4 Å². The van der Waals surface area contributed by atoms with Crippen LogP contribution in [0.2, 0.25) is 0 Å². The summed E-state index contributed by atoms with van der Waals surface area (Å²) >= 11 is 0. The molecule has 0 bridgehead atoms. The van der Waals surface area contributed by atoms with Crippen LogP contribution in [0, 0.1) is 0 Å². The second-order valence-corrected chi connectivity index (χ2v) is 2.50. The SMILES string of the molecule is COC(=O)C(C)(N)CC(F)F. The van der Waals surface area contributed by atoms with Crippen molar-refractivity contribution >= 4 is 5.97 Å². The van der Waals surface area contributed by atoms with E-state index in [1.807, 2.05) is 0 Å². The predicted molar refractivity (Wildman–Crippen MR) is 35.2 cm³/mol. The Morgan fingerprint density at radius 2 is 2.18 bits per heavy atom. The van der Waals surface area contributed by atoms with Crippen LogP contribution in [0.1, 0.15) is 13.3 Å². The van der Waals surface area contributed by atoms with Crippen LogP contribution < -0.4 is 5.73 Å². The summed E-state index contributed by atoms with van der Waals surface area (Å²) in [5, 5.41) is 0. The molecule has 1 atom stereocenters. The van der Waals surface area contributed by atoms with Crippen molar-refractivity contribution in [2.24, 2.45) is 5.73 Å². The van der Waals surface area contributed by atoms with Crippen LogP contribution in [0.15, 0.2) is 0 Å². The number of rotatable bonds is 3. The third-order valence-corrected chi connectivity index (χ3v) is 1.23. The van der Waals surface area contributed by atoms with Crippen molar-refractivity contribution < 1.29 is 18.3 Å². The van der Waals surface area contributed by atoms with Crippen molar-refractivity contribution in [1.29, 1.82) is 0 Å². The molecule has 1 unspecified atom stereocenters. The fraction of sp³-hybridized carbons (Fsp3) is 0.833. The largest absolute Gasteiger partial charge is 0.468 e. The molecule has 0 heterocycles. The van der Waals surface area contributed by atoms with Crippen molar-refractivity contribution in [1.82, 2.24) is 0 Å². The monoisotopic (exact) mass is 167 g/mol. The van der Waals surface area contributed by atoms with Gasteiger partial charge in [-0.25, -0.2) is 8.78 Å². The average Bonchev–Trinajstić information content (AvgIpc) is 1.83. The summed E-state index contributed by atoms with van der Waals surface area (Å²) in [6.07, 6.45) is -3.27. The second-order valence-electron chi connectivity index (χ2n) is 2.50. The molecule has 0 saturated heterocycles. The molecule has 2 N–H and O–H groups in total. The molecule has 0 aliphatic carbocycles. The van der Waals surface area contributed by atoms with Crippen molar-refractivity contribution in [3.05, 3.63) is 0 Å². The predicted octanol–water partition coefficient (Wildman–Crippen LogP) is 0.532. The van der Waals surface area contributed by atoms with Gasteiger partial charge < -0.3 is 10.5 Å². The molecule has 3 nitrogen and oxygen atoms in total. The Morgan fingerprint density at radius 3 is 2.45 bits per heavy atom. The van der Waals surface area contributed by atoms with Crippen LogP contribution in [0.5, 0.6) is 0 Å². The number of esters is 1. The first kappa shape index (κ1) is 10.3. The molecule has 0 aromatic rings. The molecule has 0 aliphatic heterocycles. The van der Waals surface area contributed by atoms with Crippen molar-refractivity contribution in [2.45, 2.75) is 25.3 Å². The van der Waals surface area contributed by atoms with Crippen molar-refractivity contribution in [3.63, 3.8) is 0 Å². The summed E-state index contributed by atoms with van der Waals surface area (Å²) < 4.78 is 27.7. The maximum Gasteiger partial charge on any atom is 0.325 e. The van der Waals surface area contributed by atoms with Gasteiger partial charge in [-0.1, -0.05) is 0 Å². The van der Waals surface area contributed by atoms with Gasteiger partial charge in [0.15, 0.2) is 0 Å². The van der Waals surface area contributed by atoms with Gasteiger partial charge >= 0.3 is 5.97 Å². The van der Waals surface area contributed by atoms with Gasteiger partial charge in [0.2, 0.25) is 6.43 Å². The Bertz CT molecular complexity index is 148. The quantitative estimate of drug-likeness (QED) is 0.624. The highest BCUT2D eigenvalue weighted by Gasteiger charge is 2.32. The molecular formula is C6H11F2NO2. The number of nitrogens with two attached hydrogens (primary N) is 1. The number of halogens is 2. The normalized spacial score (nSPS) is 16.2. The Morgan fingerprint density at radius 1 is 1.73 bits per heavy atom. The van der Waals surface area contributed by atoms with E-state index in [0.717, 1.165) is 7.11 Å². The van der Waals surface area contributed by atoms with Gasteiger partial charge in [-0.15, -0.1) is 0 Å². The molecule has 0 spiro atoms. The third kappa shape index (κ3) is 3.27. The molecule has 11 heavy (non-hydrogen) atoms. The third-order valence-electron chi connectivity index (χ3n) is 1.23. The zero-order valence-corrected chi connectivity index (χ0v) is 6.43. The van der Waals surface area contributed by atoms with Crippen LogP contribution in [0.3, 0.4) is 0 Å². The summed E-state index contributed by atoms with van der Waals surface area (Å²) in [6, 6.07) is 0. The summed E-state index contributed by atoms with van der Waals surface area (Å²) in [7, 11) is 1.11. The van der Waals surface area contributed by atoms with Gasteiger partial charge in [-0.2, -0.15) is 0 Å². The smallest absolute Gasteiger partial charge is 0.325 e. The maximum absolute atomic E-state index is 11.7. The van der Waals surface area contributed by atoms with E-state index >= 15 is 0 Å². The first-order chi connectivity index (χ1) is 4.90. The van der Waals surface area contributed by atoms with E-state index in [1.54, 1.807) is 0 Å². The molecular weight excluding hydrogens is 156 g/mol. The van der Waals surface area contributed by atoms with Gasteiger partial charge in [0.05, 0.1) is 7.11 Å². The second kappa shape index (κ2) is 3.61. The molecule has 66 valence electrons. The van der Waals surface area contributed by atoms with Crippen molar-refractivity contribution in [3.8, 4) is 0 Å². The summed E-state index contributed by atoms with van der Waals surface area (Å²) in [5.41, 5.74) is 3.64. The van der Waals surface area contributed by atoms with E-state index in [0.29, 0.717) is 0 Å². The molecule has 0 rings (SSSR count). The average molecular weight is 167 g/mol.